The quantitative estimate of drug-likeness (QED) is 0.274. The molecule has 0 spiro atoms. The van der Waals surface area contributed by atoms with Gasteiger partial charge >= 0.3 is 0 Å². The summed E-state index contributed by atoms with van der Waals surface area (Å²) < 4.78 is 13.7. The summed E-state index contributed by atoms with van der Waals surface area (Å²) in [5.74, 6) is -0.126. The number of carbonyl (C=O) groups excluding carboxylic acids is 1. The van der Waals surface area contributed by atoms with Crippen LogP contribution < -0.4 is 5.32 Å². The van der Waals surface area contributed by atoms with Gasteiger partial charge in [0, 0.05) is 23.4 Å². The van der Waals surface area contributed by atoms with Crippen LogP contribution in [-0.4, -0.2) is 28.2 Å². The van der Waals surface area contributed by atoms with E-state index in [4.69, 9.17) is 4.98 Å². The number of amides is 1. The van der Waals surface area contributed by atoms with Crippen molar-refractivity contribution >= 4 is 17.7 Å². The Labute approximate surface area is 184 Å². The predicted octanol–water partition coefficient (Wildman–Crippen LogP) is 5.80. The standard InChI is InChI=1S/C25H22FN3OS/c26-21-15-8-7-14-20(21)24(30)27-16-9-17-31-25-28-22(18-10-3-1-4-11-18)23(29-25)19-12-5-2-6-13-19/h1-8,10-15H,9,16-17H2,(H,27,30)(H,28,29). The summed E-state index contributed by atoms with van der Waals surface area (Å²) in [5.41, 5.74) is 4.12. The molecule has 0 unspecified atom stereocenters. The zero-order valence-electron chi connectivity index (χ0n) is 16.8. The van der Waals surface area contributed by atoms with Gasteiger partial charge in [0.2, 0.25) is 0 Å². The highest BCUT2D eigenvalue weighted by molar-refractivity contribution is 7.99. The Morgan fingerprint density at radius 2 is 1.55 bits per heavy atom. The van der Waals surface area contributed by atoms with E-state index in [1.54, 1.807) is 23.9 Å². The highest BCUT2D eigenvalue weighted by Crippen LogP contribution is 2.32. The molecule has 0 fully saturated rings. The van der Waals surface area contributed by atoms with Crippen LogP contribution in [0.5, 0.6) is 0 Å². The van der Waals surface area contributed by atoms with Crippen molar-refractivity contribution in [3.63, 3.8) is 0 Å². The van der Waals surface area contributed by atoms with Crippen molar-refractivity contribution in [3.8, 4) is 22.5 Å². The van der Waals surface area contributed by atoms with Gasteiger partial charge in [0.15, 0.2) is 5.16 Å². The van der Waals surface area contributed by atoms with Crippen LogP contribution in [0.2, 0.25) is 0 Å². The van der Waals surface area contributed by atoms with Crippen molar-refractivity contribution < 1.29 is 9.18 Å². The second-order valence-corrected chi connectivity index (χ2v) is 8.02. The molecule has 6 heteroatoms. The Bertz CT molecular complexity index is 1090. The van der Waals surface area contributed by atoms with Gasteiger partial charge in [-0.25, -0.2) is 9.37 Å². The molecule has 0 atom stereocenters. The number of aromatic amines is 1. The van der Waals surface area contributed by atoms with Crippen LogP contribution in [0.4, 0.5) is 4.39 Å². The number of imidazole rings is 1. The minimum absolute atomic E-state index is 0.0705. The number of halogens is 1. The third-order valence-corrected chi connectivity index (χ3v) is 5.72. The summed E-state index contributed by atoms with van der Waals surface area (Å²) in [4.78, 5) is 20.3. The number of rotatable bonds is 8. The van der Waals surface area contributed by atoms with Gasteiger partial charge in [0.05, 0.1) is 17.0 Å². The van der Waals surface area contributed by atoms with Crippen molar-refractivity contribution in [2.75, 3.05) is 12.3 Å². The molecule has 0 radical (unpaired) electrons. The third-order valence-electron chi connectivity index (χ3n) is 4.76. The lowest BCUT2D eigenvalue weighted by Gasteiger charge is -2.05. The number of carbonyl (C=O) groups is 1. The van der Waals surface area contributed by atoms with Gasteiger partial charge in [-0.3, -0.25) is 4.79 Å². The van der Waals surface area contributed by atoms with Crippen LogP contribution in [0.15, 0.2) is 90.1 Å². The molecule has 4 rings (SSSR count). The number of hydrogen-bond donors (Lipinski definition) is 2. The summed E-state index contributed by atoms with van der Waals surface area (Å²) in [7, 11) is 0. The second kappa shape index (κ2) is 10.1. The van der Waals surface area contributed by atoms with Crippen molar-refractivity contribution in [1.82, 2.24) is 15.3 Å². The first-order valence-corrected chi connectivity index (χ1v) is 11.1. The molecule has 0 saturated carbocycles. The maximum atomic E-state index is 13.7. The van der Waals surface area contributed by atoms with E-state index in [9.17, 15) is 9.18 Å². The number of thioether (sulfide) groups is 1. The molecule has 156 valence electrons. The molecule has 0 aliphatic carbocycles. The smallest absolute Gasteiger partial charge is 0.254 e. The molecule has 1 aromatic heterocycles. The average molecular weight is 432 g/mol. The van der Waals surface area contributed by atoms with E-state index < -0.39 is 5.82 Å². The first-order valence-electron chi connectivity index (χ1n) is 10.1. The number of H-pyrrole nitrogens is 1. The van der Waals surface area contributed by atoms with Gasteiger partial charge in [-0.05, 0) is 18.6 Å². The lowest BCUT2D eigenvalue weighted by molar-refractivity contribution is 0.0950. The van der Waals surface area contributed by atoms with Crippen LogP contribution in [0.25, 0.3) is 22.5 Å². The van der Waals surface area contributed by atoms with Gasteiger partial charge in [-0.2, -0.15) is 0 Å². The lowest BCUT2D eigenvalue weighted by atomic mass is 10.1. The fourth-order valence-corrected chi connectivity index (χ4v) is 4.03. The maximum Gasteiger partial charge on any atom is 0.254 e. The Balaban J connectivity index is 1.38. The highest BCUT2D eigenvalue weighted by Gasteiger charge is 2.14. The highest BCUT2D eigenvalue weighted by atomic mass is 32.2. The molecular formula is C25H22FN3OS. The first kappa shape index (κ1) is 20.9. The van der Waals surface area contributed by atoms with Crippen LogP contribution >= 0.6 is 11.8 Å². The number of nitrogens with one attached hydrogen (secondary N) is 2. The first-order chi connectivity index (χ1) is 15.2. The number of nitrogens with zero attached hydrogens (tertiary/aromatic N) is 1. The minimum Gasteiger partial charge on any atom is -0.352 e. The number of hydrogen-bond acceptors (Lipinski definition) is 3. The van der Waals surface area contributed by atoms with Gasteiger partial charge in [0.1, 0.15) is 5.82 Å². The van der Waals surface area contributed by atoms with Gasteiger partial charge in [-0.1, -0.05) is 84.6 Å². The SMILES string of the molecule is O=C(NCCCSc1nc(-c2ccccc2)c(-c2ccccc2)[nH]1)c1ccccc1F. The van der Waals surface area contributed by atoms with E-state index in [-0.39, 0.29) is 11.5 Å². The molecule has 3 aromatic carbocycles. The van der Waals surface area contributed by atoms with Crippen molar-refractivity contribution in [3.05, 3.63) is 96.3 Å². The molecule has 0 aliphatic heterocycles. The summed E-state index contributed by atoms with van der Waals surface area (Å²) in [6.07, 6.45) is 0.743. The molecular weight excluding hydrogens is 409 g/mol. The van der Waals surface area contributed by atoms with Crippen molar-refractivity contribution in [2.24, 2.45) is 0 Å². The van der Waals surface area contributed by atoms with Crippen LogP contribution in [0.3, 0.4) is 0 Å². The third kappa shape index (κ3) is 5.22. The van der Waals surface area contributed by atoms with E-state index >= 15 is 0 Å². The topological polar surface area (TPSA) is 57.8 Å². The summed E-state index contributed by atoms with van der Waals surface area (Å²) in [5, 5.41) is 3.60. The van der Waals surface area contributed by atoms with Crippen LogP contribution in [-0.2, 0) is 0 Å². The molecule has 1 heterocycles. The van der Waals surface area contributed by atoms with Gasteiger partial charge < -0.3 is 10.3 Å². The van der Waals surface area contributed by atoms with E-state index in [2.05, 4.69) is 34.6 Å². The van der Waals surface area contributed by atoms with Crippen molar-refractivity contribution in [2.45, 2.75) is 11.6 Å². The zero-order chi connectivity index (χ0) is 21.5. The molecule has 1 amide bonds. The van der Waals surface area contributed by atoms with Crippen molar-refractivity contribution in [1.29, 1.82) is 0 Å². The monoisotopic (exact) mass is 431 g/mol. The van der Waals surface area contributed by atoms with Crippen LogP contribution in [0.1, 0.15) is 16.8 Å². The van der Waals surface area contributed by atoms with E-state index in [1.807, 2.05) is 36.4 Å². The molecule has 0 bridgehead atoms. The number of aromatic nitrogens is 2. The number of benzene rings is 3. The second-order valence-electron chi connectivity index (χ2n) is 6.94. The summed E-state index contributed by atoms with van der Waals surface area (Å²) in [6.45, 7) is 0.470. The average Bonchev–Trinajstić information content (AvgIpc) is 3.24. The fourth-order valence-electron chi connectivity index (χ4n) is 3.22. The Hall–Kier alpha value is -3.38. The molecule has 31 heavy (non-hydrogen) atoms. The molecule has 2 N–H and O–H groups in total. The Morgan fingerprint density at radius 1 is 0.903 bits per heavy atom. The van der Waals surface area contributed by atoms with Gasteiger partial charge in [0.25, 0.3) is 5.91 Å². The molecule has 4 nitrogen and oxygen atoms in total. The maximum absolute atomic E-state index is 13.7. The van der Waals surface area contributed by atoms with Crippen LogP contribution in [0, 0.1) is 5.82 Å². The summed E-state index contributed by atoms with van der Waals surface area (Å²) in [6, 6.07) is 26.2. The predicted molar refractivity (Wildman–Crippen MR) is 124 cm³/mol. The summed E-state index contributed by atoms with van der Waals surface area (Å²) >= 11 is 1.60. The normalized spacial score (nSPS) is 10.7. The molecule has 0 aliphatic rings. The largest absolute Gasteiger partial charge is 0.352 e. The molecule has 0 saturated heterocycles. The Morgan fingerprint density at radius 3 is 2.26 bits per heavy atom. The van der Waals surface area contributed by atoms with E-state index in [0.717, 1.165) is 39.8 Å². The van der Waals surface area contributed by atoms with E-state index in [1.165, 1.54) is 12.1 Å². The lowest BCUT2D eigenvalue weighted by Crippen LogP contribution is -2.25. The Kier molecular flexibility index (Phi) is 6.79. The fraction of sp³-hybridized carbons (Fsp3) is 0.120. The van der Waals surface area contributed by atoms with E-state index in [0.29, 0.717) is 6.54 Å². The molecule has 4 aromatic rings. The minimum atomic E-state index is -0.508. The zero-order valence-corrected chi connectivity index (χ0v) is 17.7. The van der Waals surface area contributed by atoms with Gasteiger partial charge in [-0.15, -0.1) is 0 Å².